The van der Waals surface area contributed by atoms with Gasteiger partial charge >= 0.3 is 6.18 Å². The molecule has 0 bridgehead atoms. The van der Waals surface area contributed by atoms with E-state index in [1.165, 1.54) is 11.3 Å². The van der Waals surface area contributed by atoms with E-state index in [0.717, 1.165) is 23.9 Å². The Morgan fingerprint density at radius 2 is 2.17 bits per heavy atom. The molecule has 11 heteroatoms. The van der Waals surface area contributed by atoms with Gasteiger partial charge in [0.15, 0.2) is 5.65 Å². The number of likely N-dealkylation sites (tertiary alicyclic amines) is 1. The van der Waals surface area contributed by atoms with Crippen LogP contribution in [0.3, 0.4) is 0 Å². The van der Waals surface area contributed by atoms with Crippen molar-refractivity contribution in [3.8, 4) is 0 Å². The molecular formula is C18H19F3N6OS. The molecule has 1 unspecified atom stereocenters. The fourth-order valence-electron chi connectivity index (χ4n) is 3.74. The number of rotatable bonds is 3. The Labute approximate surface area is 168 Å². The number of aryl methyl sites for hydroxylation is 1. The summed E-state index contributed by atoms with van der Waals surface area (Å²) in [5, 5.41) is 8.62. The monoisotopic (exact) mass is 424 g/mol. The van der Waals surface area contributed by atoms with Crippen LogP contribution in [0.1, 0.15) is 47.3 Å². The molecule has 7 nitrogen and oxygen atoms in total. The number of anilines is 1. The lowest BCUT2D eigenvalue weighted by atomic mass is 9.96. The third kappa shape index (κ3) is 3.78. The molecule has 1 aliphatic rings. The zero-order chi connectivity index (χ0) is 20.8. The van der Waals surface area contributed by atoms with Crippen LogP contribution < -0.4 is 5.73 Å². The SMILES string of the molecule is Cc1nc(CC(=O)N2CCCCC2c2cc(C(F)(F)F)c3c(N)[nH]nc3n2)cs1. The predicted octanol–water partition coefficient (Wildman–Crippen LogP) is 3.62. The van der Waals surface area contributed by atoms with E-state index in [2.05, 4.69) is 20.2 Å². The van der Waals surface area contributed by atoms with Gasteiger partial charge < -0.3 is 10.6 Å². The second-order valence-electron chi connectivity index (χ2n) is 7.06. The molecule has 1 atom stereocenters. The van der Waals surface area contributed by atoms with Crippen LogP contribution in [0, 0.1) is 6.92 Å². The van der Waals surface area contributed by atoms with Gasteiger partial charge in [0.2, 0.25) is 5.91 Å². The standard InChI is InChI=1S/C18H19F3N6OS/c1-9-23-10(8-29-9)6-14(28)27-5-3-2-4-13(27)12-7-11(18(19,20)21)15-16(22)25-26-17(15)24-12/h7-8,13H,2-6H2,1H3,(H3,22,24,25,26). The molecule has 1 fully saturated rings. The van der Waals surface area contributed by atoms with Crippen LogP contribution in [0.25, 0.3) is 11.0 Å². The lowest BCUT2D eigenvalue weighted by Gasteiger charge is -2.35. The number of pyridine rings is 1. The first-order chi connectivity index (χ1) is 13.7. The average molecular weight is 424 g/mol. The highest BCUT2D eigenvalue weighted by atomic mass is 32.1. The summed E-state index contributed by atoms with van der Waals surface area (Å²) in [6, 6.07) is 0.455. The molecule has 3 N–H and O–H groups in total. The molecule has 4 heterocycles. The molecule has 154 valence electrons. The quantitative estimate of drug-likeness (QED) is 0.669. The smallest absolute Gasteiger partial charge is 0.383 e. The number of thiazole rings is 1. The molecule has 29 heavy (non-hydrogen) atoms. The molecule has 0 aromatic carbocycles. The molecule has 4 rings (SSSR count). The number of alkyl halides is 3. The number of aromatic amines is 1. The maximum atomic E-state index is 13.7. The number of fused-ring (bicyclic) bond motifs is 1. The Bertz CT molecular complexity index is 1060. The summed E-state index contributed by atoms with van der Waals surface area (Å²) >= 11 is 1.46. The second kappa shape index (κ2) is 7.29. The highest BCUT2D eigenvalue weighted by Crippen LogP contribution is 2.39. The second-order valence-corrected chi connectivity index (χ2v) is 8.12. The molecular weight excluding hydrogens is 405 g/mol. The lowest BCUT2D eigenvalue weighted by Crippen LogP contribution is -2.40. The summed E-state index contributed by atoms with van der Waals surface area (Å²) in [6.45, 7) is 2.33. The van der Waals surface area contributed by atoms with Crippen molar-refractivity contribution in [1.82, 2.24) is 25.1 Å². The summed E-state index contributed by atoms with van der Waals surface area (Å²) in [7, 11) is 0. The van der Waals surface area contributed by atoms with Gasteiger partial charge in [-0.1, -0.05) is 0 Å². The molecule has 1 saturated heterocycles. The normalized spacial score (nSPS) is 17.8. The number of hydrogen-bond donors (Lipinski definition) is 2. The van der Waals surface area contributed by atoms with Gasteiger partial charge in [0.05, 0.1) is 39.8 Å². The Hall–Kier alpha value is -2.69. The topological polar surface area (TPSA) is 101 Å². The van der Waals surface area contributed by atoms with Gasteiger partial charge in [0.25, 0.3) is 0 Å². The number of aromatic nitrogens is 4. The average Bonchev–Trinajstić information content (AvgIpc) is 3.25. The van der Waals surface area contributed by atoms with Crippen LogP contribution in [0.4, 0.5) is 19.0 Å². The highest BCUT2D eigenvalue weighted by Gasteiger charge is 2.37. The number of carbonyl (C=O) groups excluding carboxylic acids is 1. The fourth-order valence-corrected chi connectivity index (χ4v) is 4.36. The van der Waals surface area contributed by atoms with E-state index < -0.39 is 17.8 Å². The van der Waals surface area contributed by atoms with Gasteiger partial charge in [-0.2, -0.15) is 18.3 Å². The number of halogens is 3. The number of carbonyl (C=O) groups is 1. The predicted molar refractivity (Wildman–Crippen MR) is 102 cm³/mol. The zero-order valence-corrected chi connectivity index (χ0v) is 16.4. The van der Waals surface area contributed by atoms with Crippen molar-refractivity contribution in [2.45, 2.75) is 44.8 Å². The third-order valence-electron chi connectivity index (χ3n) is 5.04. The van der Waals surface area contributed by atoms with E-state index in [0.29, 0.717) is 18.7 Å². The summed E-state index contributed by atoms with van der Waals surface area (Å²) in [5.74, 6) is -0.348. The number of hydrogen-bond acceptors (Lipinski definition) is 6. The van der Waals surface area contributed by atoms with E-state index in [4.69, 9.17) is 5.73 Å². The molecule has 0 spiro atoms. The number of nitrogens with zero attached hydrogens (tertiary/aromatic N) is 4. The maximum absolute atomic E-state index is 13.7. The van der Waals surface area contributed by atoms with E-state index in [9.17, 15) is 18.0 Å². The molecule has 0 aliphatic carbocycles. The van der Waals surface area contributed by atoms with Crippen molar-refractivity contribution >= 4 is 34.1 Å². The third-order valence-corrected chi connectivity index (χ3v) is 5.86. The molecule has 0 saturated carbocycles. The van der Waals surface area contributed by atoms with Crippen molar-refractivity contribution in [1.29, 1.82) is 0 Å². The Morgan fingerprint density at radius 1 is 1.38 bits per heavy atom. The molecule has 0 radical (unpaired) electrons. The van der Waals surface area contributed by atoms with Crippen LogP contribution in [-0.2, 0) is 17.4 Å². The number of amides is 1. The minimum atomic E-state index is -4.62. The molecule has 1 amide bonds. The van der Waals surface area contributed by atoms with Crippen molar-refractivity contribution in [3.05, 3.63) is 33.4 Å². The molecule has 1 aliphatic heterocycles. The summed E-state index contributed by atoms with van der Waals surface area (Å²) in [4.78, 5) is 23.1. The zero-order valence-electron chi connectivity index (χ0n) is 15.6. The van der Waals surface area contributed by atoms with Crippen LogP contribution in [-0.4, -0.2) is 37.5 Å². The largest absolute Gasteiger partial charge is 0.417 e. The maximum Gasteiger partial charge on any atom is 0.417 e. The number of piperidine rings is 1. The highest BCUT2D eigenvalue weighted by molar-refractivity contribution is 7.09. The molecule has 3 aromatic heterocycles. The van der Waals surface area contributed by atoms with Gasteiger partial charge in [0.1, 0.15) is 5.82 Å². The minimum absolute atomic E-state index is 0.0968. The van der Waals surface area contributed by atoms with Gasteiger partial charge in [-0.3, -0.25) is 9.89 Å². The number of nitrogens with two attached hydrogens (primary N) is 1. The number of H-pyrrole nitrogens is 1. The van der Waals surface area contributed by atoms with E-state index in [1.807, 2.05) is 12.3 Å². The van der Waals surface area contributed by atoms with E-state index in [1.54, 1.807) is 4.90 Å². The van der Waals surface area contributed by atoms with Gasteiger partial charge in [-0.25, -0.2) is 9.97 Å². The van der Waals surface area contributed by atoms with Gasteiger partial charge in [-0.15, -0.1) is 11.3 Å². The van der Waals surface area contributed by atoms with Crippen LogP contribution >= 0.6 is 11.3 Å². The van der Waals surface area contributed by atoms with Crippen LogP contribution in [0.5, 0.6) is 0 Å². The van der Waals surface area contributed by atoms with E-state index >= 15 is 0 Å². The minimum Gasteiger partial charge on any atom is -0.383 e. The summed E-state index contributed by atoms with van der Waals surface area (Å²) in [5.41, 5.74) is 5.50. The van der Waals surface area contributed by atoms with E-state index in [-0.39, 0.29) is 34.9 Å². The van der Waals surface area contributed by atoms with Crippen LogP contribution in [0.15, 0.2) is 11.4 Å². The Kier molecular flexibility index (Phi) is 4.93. The fraction of sp³-hybridized carbons (Fsp3) is 0.444. The number of nitrogens with one attached hydrogen (secondary N) is 1. The van der Waals surface area contributed by atoms with Gasteiger partial charge in [0, 0.05) is 11.9 Å². The van der Waals surface area contributed by atoms with Crippen molar-refractivity contribution in [2.24, 2.45) is 0 Å². The first-order valence-corrected chi connectivity index (χ1v) is 10.0. The summed E-state index contributed by atoms with van der Waals surface area (Å²) in [6.07, 6.45) is -2.37. The van der Waals surface area contributed by atoms with Crippen molar-refractivity contribution < 1.29 is 18.0 Å². The van der Waals surface area contributed by atoms with Crippen molar-refractivity contribution in [2.75, 3.05) is 12.3 Å². The Morgan fingerprint density at radius 3 is 2.86 bits per heavy atom. The first-order valence-electron chi connectivity index (χ1n) is 9.16. The Balaban J connectivity index is 1.71. The number of nitrogen functional groups attached to an aromatic ring is 1. The van der Waals surface area contributed by atoms with Crippen LogP contribution in [0.2, 0.25) is 0 Å². The lowest BCUT2D eigenvalue weighted by molar-refractivity contribution is -0.136. The van der Waals surface area contributed by atoms with Crippen molar-refractivity contribution in [3.63, 3.8) is 0 Å². The molecule has 3 aromatic rings. The summed E-state index contributed by atoms with van der Waals surface area (Å²) < 4.78 is 41.0. The first kappa shape index (κ1) is 19.6. The van der Waals surface area contributed by atoms with Gasteiger partial charge in [-0.05, 0) is 32.3 Å².